The molecule has 4 aromatic rings. The second-order valence-electron chi connectivity index (χ2n) is 9.61. The first-order valence-corrected chi connectivity index (χ1v) is 12.1. The Kier molecular flexibility index (Phi) is 5.12. The molecule has 2 aliphatic heterocycles. The summed E-state index contributed by atoms with van der Waals surface area (Å²) in [5.41, 5.74) is 3.91. The van der Waals surface area contributed by atoms with E-state index in [-0.39, 0.29) is 11.9 Å². The van der Waals surface area contributed by atoms with Crippen LogP contribution in [-0.2, 0) is 0 Å². The molecule has 6 heterocycles. The number of likely N-dealkylation sites (tertiary alicyclic amines) is 1. The predicted octanol–water partition coefficient (Wildman–Crippen LogP) is 4.23. The Morgan fingerprint density at radius 3 is 2.91 bits per heavy atom. The van der Waals surface area contributed by atoms with Gasteiger partial charge in [0.1, 0.15) is 11.5 Å². The molecule has 0 aliphatic carbocycles. The third-order valence-electron chi connectivity index (χ3n) is 7.04. The van der Waals surface area contributed by atoms with Crippen LogP contribution < -0.4 is 4.90 Å². The summed E-state index contributed by atoms with van der Waals surface area (Å²) in [6, 6.07) is 7.35. The monoisotopic (exact) mass is 459 g/mol. The van der Waals surface area contributed by atoms with Gasteiger partial charge in [-0.3, -0.25) is 9.89 Å². The number of hydrogen-bond acceptors (Lipinski definition) is 6. The highest BCUT2D eigenvalue weighted by molar-refractivity contribution is 5.93. The van der Waals surface area contributed by atoms with Crippen molar-refractivity contribution in [1.82, 2.24) is 29.7 Å². The van der Waals surface area contributed by atoms with E-state index in [2.05, 4.69) is 35.1 Å². The van der Waals surface area contributed by atoms with Gasteiger partial charge in [0.15, 0.2) is 17.1 Å². The van der Waals surface area contributed by atoms with Gasteiger partial charge in [-0.05, 0) is 50.7 Å². The molecular formula is C25H29N7O2. The normalized spacial score (nSPS) is 21.0. The number of fused-ring (bicyclic) bond motifs is 1. The van der Waals surface area contributed by atoms with Crippen LogP contribution in [0, 0.1) is 12.8 Å². The lowest BCUT2D eigenvalue weighted by molar-refractivity contribution is 0.0599. The maximum Gasteiger partial charge on any atom is 0.274 e. The van der Waals surface area contributed by atoms with Gasteiger partial charge in [0, 0.05) is 43.5 Å². The van der Waals surface area contributed by atoms with E-state index in [1.165, 1.54) is 6.42 Å². The van der Waals surface area contributed by atoms with Crippen LogP contribution in [0.25, 0.3) is 17.1 Å². The minimum Gasteiger partial charge on any atom is -0.463 e. The van der Waals surface area contributed by atoms with Gasteiger partial charge in [0.2, 0.25) is 0 Å². The Hall–Kier alpha value is -3.62. The van der Waals surface area contributed by atoms with Crippen molar-refractivity contribution in [3.63, 3.8) is 0 Å². The van der Waals surface area contributed by atoms with Crippen molar-refractivity contribution in [1.29, 1.82) is 0 Å². The van der Waals surface area contributed by atoms with E-state index in [0.717, 1.165) is 55.1 Å². The molecule has 2 saturated heterocycles. The first-order chi connectivity index (χ1) is 16.6. The molecule has 9 heteroatoms. The number of nitrogens with zero attached hydrogens (tertiary/aromatic N) is 6. The van der Waals surface area contributed by atoms with E-state index in [0.29, 0.717) is 29.6 Å². The molecule has 0 spiro atoms. The average molecular weight is 460 g/mol. The molecule has 9 nitrogen and oxygen atoms in total. The zero-order valence-electron chi connectivity index (χ0n) is 19.6. The molecule has 0 bridgehead atoms. The minimum absolute atomic E-state index is 0.0910. The van der Waals surface area contributed by atoms with Gasteiger partial charge in [0.25, 0.3) is 5.91 Å². The molecule has 2 fully saturated rings. The Balaban J connectivity index is 1.29. The van der Waals surface area contributed by atoms with Crippen molar-refractivity contribution in [2.75, 3.05) is 24.5 Å². The maximum atomic E-state index is 13.5. The van der Waals surface area contributed by atoms with Crippen molar-refractivity contribution < 1.29 is 9.21 Å². The van der Waals surface area contributed by atoms with Crippen molar-refractivity contribution in [2.45, 2.75) is 45.6 Å². The highest BCUT2D eigenvalue weighted by Gasteiger charge is 2.32. The number of amides is 1. The van der Waals surface area contributed by atoms with Crippen molar-refractivity contribution in [3.05, 3.63) is 53.7 Å². The van der Waals surface area contributed by atoms with Crippen molar-refractivity contribution in [2.24, 2.45) is 5.92 Å². The van der Waals surface area contributed by atoms with E-state index in [1.54, 1.807) is 12.3 Å². The van der Waals surface area contributed by atoms with Gasteiger partial charge >= 0.3 is 0 Å². The van der Waals surface area contributed by atoms with Crippen LogP contribution >= 0.6 is 0 Å². The summed E-state index contributed by atoms with van der Waals surface area (Å²) in [5, 5.41) is 12.0. The summed E-state index contributed by atoms with van der Waals surface area (Å²) < 4.78 is 7.28. The SMILES string of the molecule is Cc1cn2nc([C@@H]3CCCCN3C(=O)c3cc(-c4ccco4)[nH]n3)cc2nc1N1CC[C@H](C)C1. The number of hydrogen-bond donors (Lipinski definition) is 1. The van der Waals surface area contributed by atoms with Gasteiger partial charge in [-0.2, -0.15) is 10.2 Å². The van der Waals surface area contributed by atoms with Gasteiger partial charge in [-0.15, -0.1) is 0 Å². The zero-order chi connectivity index (χ0) is 23.2. The Labute approximate surface area is 197 Å². The zero-order valence-corrected chi connectivity index (χ0v) is 19.6. The van der Waals surface area contributed by atoms with E-state index in [1.807, 2.05) is 27.6 Å². The second kappa shape index (κ2) is 8.30. The molecule has 4 aromatic heterocycles. The standard InChI is InChI=1S/C25H29N7O2/c1-16-8-10-30(14-16)24-17(2)15-32-23(26-24)13-18(29-32)21-6-3-4-9-31(21)25(33)20-12-19(27-28-20)22-7-5-11-34-22/h5,7,11-13,15-16,21H,3-4,6,8-10,14H2,1-2H3,(H,27,28)/t16-,21-/m0/s1. The smallest absolute Gasteiger partial charge is 0.274 e. The van der Waals surface area contributed by atoms with Crippen LogP contribution in [-0.4, -0.2) is 55.2 Å². The van der Waals surface area contributed by atoms with Crippen LogP contribution in [0.3, 0.4) is 0 Å². The molecule has 6 rings (SSSR count). The average Bonchev–Trinajstić information content (AvgIpc) is 3.64. The van der Waals surface area contributed by atoms with E-state index in [4.69, 9.17) is 14.5 Å². The molecule has 1 N–H and O–H groups in total. The number of rotatable bonds is 4. The Morgan fingerprint density at radius 1 is 1.21 bits per heavy atom. The number of piperidine rings is 1. The number of H-pyrrole nitrogens is 1. The van der Waals surface area contributed by atoms with Gasteiger partial charge in [-0.25, -0.2) is 9.50 Å². The Bertz CT molecular complexity index is 1320. The fourth-order valence-electron chi connectivity index (χ4n) is 5.25. The molecule has 176 valence electrons. The summed E-state index contributed by atoms with van der Waals surface area (Å²) >= 11 is 0. The number of carbonyl (C=O) groups is 1. The number of carbonyl (C=O) groups excluding carboxylic acids is 1. The number of anilines is 1. The quantitative estimate of drug-likeness (QED) is 0.491. The molecule has 0 aromatic carbocycles. The topological polar surface area (TPSA) is 95.6 Å². The molecule has 2 atom stereocenters. The van der Waals surface area contributed by atoms with Crippen LogP contribution in [0.15, 0.2) is 41.1 Å². The molecule has 0 saturated carbocycles. The van der Waals surface area contributed by atoms with Crippen LogP contribution in [0.4, 0.5) is 5.82 Å². The number of aryl methyl sites for hydroxylation is 1. The fourth-order valence-corrected chi connectivity index (χ4v) is 5.25. The molecule has 0 radical (unpaired) electrons. The fraction of sp³-hybridized carbons (Fsp3) is 0.440. The molecule has 1 amide bonds. The predicted molar refractivity (Wildman–Crippen MR) is 128 cm³/mol. The van der Waals surface area contributed by atoms with Gasteiger partial charge in [0.05, 0.1) is 18.0 Å². The highest BCUT2D eigenvalue weighted by Crippen LogP contribution is 2.33. The maximum absolute atomic E-state index is 13.5. The number of nitrogens with one attached hydrogen (secondary N) is 1. The largest absolute Gasteiger partial charge is 0.463 e. The first-order valence-electron chi connectivity index (χ1n) is 12.1. The lowest BCUT2D eigenvalue weighted by atomic mass is 9.99. The van der Waals surface area contributed by atoms with E-state index >= 15 is 0 Å². The number of furan rings is 1. The third-order valence-corrected chi connectivity index (χ3v) is 7.04. The summed E-state index contributed by atoms with van der Waals surface area (Å²) in [7, 11) is 0. The van der Waals surface area contributed by atoms with E-state index < -0.39 is 0 Å². The van der Waals surface area contributed by atoms with Crippen LogP contribution in [0.2, 0.25) is 0 Å². The molecule has 34 heavy (non-hydrogen) atoms. The Morgan fingerprint density at radius 2 is 2.12 bits per heavy atom. The summed E-state index contributed by atoms with van der Waals surface area (Å²) in [6.07, 6.45) is 7.77. The lowest BCUT2D eigenvalue weighted by Gasteiger charge is -2.34. The van der Waals surface area contributed by atoms with Crippen molar-refractivity contribution in [3.8, 4) is 11.5 Å². The van der Waals surface area contributed by atoms with E-state index in [9.17, 15) is 4.79 Å². The number of aromatic amines is 1. The molecule has 2 aliphatic rings. The van der Waals surface area contributed by atoms with Crippen molar-refractivity contribution >= 4 is 17.4 Å². The minimum atomic E-state index is -0.0951. The lowest BCUT2D eigenvalue weighted by Crippen LogP contribution is -2.38. The van der Waals surface area contributed by atoms with Crippen LogP contribution in [0.1, 0.15) is 60.4 Å². The summed E-state index contributed by atoms with van der Waals surface area (Å²) in [6.45, 7) is 7.15. The third kappa shape index (κ3) is 3.65. The molecular weight excluding hydrogens is 430 g/mol. The molecule has 0 unspecified atom stereocenters. The summed E-state index contributed by atoms with van der Waals surface area (Å²) in [5.74, 6) is 2.30. The van der Waals surface area contributed by atoms with Gasteiger partial charge < -0.3 is 14.2 Å². The highest BCUT2D eigenvalue weighted by atomic mass is 16.3. The summed E-state index contributed by atoms with van der Waals surface area (Å²) in [4.78, 5) is 22.7. The van der Waals surface area contributed by atoms with Gasteiger partial charge in [-0.1, -0.05) is 6.92 Å². The van der Waals surface area contributed by atoms with Crippen LogP contribution in [0.5, 0.6) is 0 Å². The number of aromatic nitrogens is 5. The second-order valence-corrected chi connectivity index (χ2v) is 9.61. The first kappa shape index (κ1) is 20.9.